The van der Waals surface area contributed by atoms with E-state index in [1.807, 2.05) is 0 Å². The number of carboxylic acid groups (broad SMARTS) is 2. The van der Waals surface area contributed by atoms with Gasteiger partial charge in [-0.3, -0.25) is 9.59 Å². The highest BCUT2D eigenvalue weighted by atomic mass is 19.1. The lowest BCUT2D eigenvalue weighted by Crippen LogP contribution is -2.37. The zero-order valence-corrected chi connectivity index (χ0v) is 7.39. The van der Waals surface area contributed by atoms with Crippen molar-refractivity contribution in [2.24, 2.45) is 11.5 Å². The summed E-state index contributed by atoms with van der Waals surface area (Å²) < 4.78 is 12.9. The zero-order chi connectivity index (χ0) is 11.3. The molecule has 2 unspecified atom stereocenters. The smallest absolute Gasteiger partial charge is 0.320 e. The number of carbonyl (C=O) groups is 2. The second-order valence-corrected chi connectivity index (χ2v) is 2.96. The van der Waals surface area contributed by atoms with E-state index >= 15 is 0 Å². The quantitative estimate of drug-likeness (QED) is 0.440. The normalized spacial score (nSPS) is 17.1. The summed E-state index contributed by atoms with van der Waals surface area (Å²) in [6.07, 6.45) is -2.49. The van der Waals surface area contributed by atoms with Gasteiger partial charge in [-0.25, -0.2) is 4.39 Å². The molecule has 6 nitrogen and oxygen atoms in total. The van der Waals surface area contributed by atoms with Crippen molar-refractivity contribution in [2.75, 3.05) is 0 Å². The Kier molecular flexibility index (Phi) is 5.03. The van der Waals surface area contributed by atoms with E-state index in [2.05, 4.69) is 0 Å². The van der Waals surface area contributed by atoms with Crippen molar-refractivity contribution in [1.29, 1.82) is 0 Å². The summed E-state index contributed by atoms with van der Waals surface area (Å²) in [5.41, 5.74) is 10.1. The molecule has 0 spiro atoms. The highest BCUT2D eigenvalue weighted by molar-refractivity contribution is 5.74. The van der Waals surface area contributed by atoms with Crippen LogP contribution in [0, 0.1) is 0 Å². The van der Waals surface area contributed by atoms with Gasteiger partial charge >= 0.3 is 11.9 Å². The van der Waals surface area contributed by atoms with Crippen LogP contribution in [-0.2, 0) is 9.59 Å². The number of alkyl halides is 1. The fourth-order valence-electron chi connectivity index (χ4n) is 0.849. The zero-order valence-electron chi connectivity index (χ0n) is 7.39. The average molecular weight is 208 g/mol. The molecule has 0 aliphatic rings. The van der Waals surface area contributed by atoms with Crippen LogP contribution in [0.5, 0.6) is 0 Å². The van der Waals surface area contributed by atoms with E-state index in [-0.39, 0.29) is 0 Å². The molecule has 0 rings (SSSR count). The monoisotopic (exact) mass is 208 g/mol. The topological polar surface area (TPSA) is 127 Å². The van der Waals surface area contributed by atoms with Crippen LogP contribution in [0.15, 0.2) is 0 Å². The number of hydrogen-bond acceptors (Lipinski definition) is 4. The third kappa shape index (κ3) is 4.73. The van der Waals surface area contributed by atoms with Crippen LogP contribution in [0.1, 0.15) is 12.8 Å². The molecule has 0 amide bonds. The van der Waals surface area contributed by atoms with Crippen LogP contribution in [0.25, 0.3) is 0 Å². The molecule has 0 aromatic carbocycles. The van der Waals surface area contributed by atoms with Crippen molar-refractivity contribution in [1.82, 2.24) is 0 Å². The minimum absolute atomic E-state index is 0.434. The maximum Gasteiger partial charge on any atom is 0.320 e. The van der Waals surface area contributed by atoms with Crippen LogP contribution in [0.2, 0.25) is 0 Å². The number of hydrogen-bond donors (Lipinski definition) is 4. The van der Waals surface area contributed by atoms with E-state index in [4.69, 9.17) is 21.7 Å². The average Bonchev–Trinajstić information content (AvgIpc) is 2.03. The minimum atomic E-state index is -1.62. The predicted molar refractivity (Wildman–Crippen MR) is 45.4 cm³/mol. The number of halogens is 1. The highest BCUT2D eigenvalue weighted by Gasteiger charge is 2.22. The number of rotatable bonds is 6. The van der Waals surface area contributed by atoms with Gasteiger partial charge in [-0.1, -0.05) is 0 Å². The van der Waals surface area contributed by atoms with Crippen molar-refractivity contribution in [2.45, 2.75) is 31.1 Å². The van der Waals surface area contributed by atoms with Gasteiger partial charge in [0.2, 0.25) is 0 Å². The summed E-state index contributed by atoms with van der Waals surface area (Å²) in [5.74, 6) is -2.65. The number of carboxylic acids is 2. The molecule has 0 radical (unpaired) electrons. The summed E-state index contributed by atoms with van der Waals surface area (Å²) in [6, 6.07) is -2.66. The van der Waals surface area contributed by atoms with Crippen molar-refractivity contribution < 1.29 is 24.2 Å². The lowest BCUT2D eigenvalue weighted by atomic mass is 10.0. The maximum atomic E-state index is 12.9. The first-order valence-corrected chi connectivity index (χ1v) is 3.95. The first-order chi connectivity index (χ1) is 6.34. The first-order valence-electron chi connectivity index (χ1n) is 3.95. The summed E-state index contributed by atoms with van der Waals surface area (Å²) in [5, 5.41) is 16.7. The van der Waals surface area contributed by atoms with Crippen LogP contribution in [0.3, 0.4) is 0 Å². The first kappa shape index (κ1) is 12.8. The van der Waals surface area contributed by atoms with Crippen molar-refractivity contribution in [3.8, 4) is 0 Å². The van der Waals surface area contributed by atoms with Gasteiger partial charge in [0.15, 0.2) is 0 Å². The van der Waals surface area contributed by atoms with Crippen molar-refractivity contribution >= 4 is 11.9 Å². The Morgan fingerprint density at radius 1 is 1.07 bits per heavy atom. The number of nitrogens with two attached hydrogens (primary N) is 2. The van der Waals surface area contributed by atoms with Gasteiger partial charge in [0.25, 0.3) is 0 Å². The van der Waals surface area contributed by atoms with Gasteiger partial charge in [-0.2, -0.15) is 0 Å². The number of aliphatic carboxylic acids is 2. The van der Waals surface area contributed by atoms with E-state index in [0.29, 0.717) is 0 Å². The molecule has 2 atom stereocenters. The van der Waals surface area contributed by atoms with E-state index in [9.17, 15) is 14.0 Å². The molecule has 0 heterocycles. The van der Waals surface area contributed by atoms with Gasteiger partial charge in [0, 0.05) is 12.8 Å². The van der Waals surface area contributed by atoms with E-state index in [1.54, 1.807) is 0 Å². The lowest BCUT2D eigenvalue weighted by Gasteiger charge is -2.13. The van der Waals surface area contributed by atoms with E-state index in [0.717, 1.165) is 0 Å². The maximum absolute atomic E-state index is 12.9. The Balaban J connectivity index is 3.92. The molecule has 0 aromatic rings. The molecule has 0 aliphatic heterocycles. The lowest BCUT2D eigenvalue weighted by molar-refractivity contribution is -0.139. The summed E-state index contributed by atoms with van der Waals surface area (Å²) in [4.78, 5) is 20.4. The van der Waals surface area contributed by atoms with Crippen LogP contribution in [-0.4, -0.2) is 40.4 Å². The molecule has 7 heteroatoms. The van der Waals surface area contributed by atoms with Crippen molar-refractivity contribution in [3.63, 3.8) is 0 Å². The molecule has 0 saturated heterocycles. The van der Waals surface area contributed by atoms with E-state index < -0.39 is 43.0 Å². The highest BCUT2D eigenvalue weighted by Crippen LogP contribution is 2.08. The Morgan fingerprint density at radius 3 is 1.57 bits per heavy atom. The minimum Gasteiger partial charge on any atom is -0.480 e. The third-order valence-corrected chi connectivity index (χ3v) is 1.65. The largest absolute Gasteiger partial charge is 0.480 e. The molecule has 14 heavy (non-hydrogen) atoms. The van der Waals surface area contributed by atoms with Crippen LogP contribution >= 0.6 is 0 Å². The molecule has 82 valence electrons. The third-order valence-electron chi connectivity index (χ3n) is 1.65. The fourth-order valence-corrected chi connectivity index (χ4v) is 0.849. The summed E-state index contributed by atoms with van der Waals surface area (Å²) >= 11 is 0. The van der Waals surface area contributed by atoms with Crippen molar-refractivity contribution in [3.05, 3.63) is 0 Å². The van der Waals surface area contributed by atoms with Gasteiger partial charge in [-0.05, 0) is 0 Å². The second-order valence-electron chi connectivity index (χ2n) is 2.96. The SMILES string of the molecule is NC(CC(F)CC(N)C(=O)O)C(=O)O. The van der Waals surface area contributed by atoms with Gasteiger partial charge in [-0.15, -0.1) is 0 Å². The Labute approximate surface area is 79.7 Å². The molecule has 0 aromatic heterocycles. The van der Waals surface area contributed by atoms with Gasteiger partial charge < -0.3 is 21.7 Å². The van der Waals surface area contributed by atoms with E-state index in [1.165, 1.54) is 0 Å². The molecule has 0 aliphatic carbocycles. The second kappa shape index (κ2) is 5.51. The summed E-state index contributed by atoms with van der Waals surface area (Å²) in [7, 11) is 0. The predicted octanol–water partition coefficient (Wildman–Crippen LogP) is -1.07. The molecular weight excluding hydrogens is 195 g/mol. The molecule has 0 bridgehead atoms. The molecular formula is C7H13FN2O4. The Bertz CT molecular complexity index is 202. The molecule has 0 fully saturated rings. The fraction of sp³-hybridized carbons (Fsp3) is 0.714. The van der Waals surface area contributed by atoms with Crippen LogP contribution < -0.4 is 11.5 Å². The Hall–Kier alpha value is -1.21. The summed E-state index contributed by atoms with van der Waals surface area (Å²) in [6.45, 7) is 0. The van der Waals surface area contributed by atoms with Gasteiger partial charge in [0.05, 0.1) is 0 Å². The molecule has 6 N–H and O–H groups in total. The van der Waals surface area contributed by atoms with Gasteiger partial charge in [0.1, 0.15) is 18.3 Å². The standard InChI is InChI=1S/C7H13FN2O4/c8-3(1-4(9)6(11)12)2-5(10)7(13)14/h3-5H,1-2,9-10H2,(H,11,12)(H,13,14). The van der Waals surface area contributed by atoms with Crippen LogP contribution in [0.4, 0.5) is 4.39 Å². The molecule has 0 saturated carbocycles. The Morgan fingerprint density at radius 2 is 1.36 bits per heavy atom.